The van der Waals surface area contributed by atoms with E-state index in [1.807, 2.05) is 30.3 Å². The summed E-state index contributed by atoms with van der Waals surface area (Å²) in [4.78, 5) is 34.1. The summed E-state index contributed by atoms with van der Waals surface area (Å²) in [6, 6.07) is 14.0. The largest absolute Gasteiger partial charge is 0.455 e. The van der Waals surface area contributed by atoms with E-state index in [0.29, 0.717) is 28.0 Å². The van der Waals surface area contributed by atoms with Crippen molar-refractivity contribution in [1.29, 1.82) is 0 Å². The molecule has 0 saturated carbocycles. The van der Waals surface area contributed by atoms with Crippen LogP contribution in [0.1, 0.15) is 5.56 Å². The van der Waals surface area contributed by atoms with Gasteiger partial charge >= 0.3 is 0 Å². The molecule has 0 saturated heterocycles. The predicted octanol–water partition coefficient (Wildman–Crippen LogP) is 2.91. The molecule has 0 radical (unpaired) electrons. The Kier molecular flexibility index (Phi) is 3.76. The summed E-state index contributed by atoms with van der Waals surface area (Å²) in [7, 11) is 0. The van der Waals surface area contributed by atoms with Crippen LogP contribution in [0.3, 0.4) is 0 Å². The van der Waals surface area contributed by atoms with Gasteiger partial charge in [-0.2, -0.15) is 0 Å². The monoisotopic (exact) mass is 307 g/mol. The molecule has 0 bridgehead atoms. The molecule has 5 nitrogen and oxygen atoms in total. The minimum atomic E-state index is -0.762. The maximum absolute atomic E-state index is 12.5. The summed E-state index contributed by atoms with van der Waals surface area (Å²) in [5.41, 5.74) is 1.93. The van der Waals surface area contributed by atoms with Gasteiger partial charge in [0.2, 0.25) is 6.29 Å². The Bertz CT molecular complexity index is 958. The quantitative estimate of drug-likeness (QED) is 0.596. The molecule has 0 fully saturated rings. The number of anilines is 1. The van der Waals surface area contributed by atoms with Gasteiger partial charge in [-0.3, -0.25) is 14.4 Å². The average molecular weight is 307 g/mol. The van der Waals surface area contributed by atoms with Crippen molar-refractivity contribution in [3.8, 4) is 11.3 Å². The maximum Gasteiger partial charge on any atom is 0.288 e. The van der Waals surface area contributed by atoms with Gasteiger partial charge in [0.25, 0.3) is 5.91 Å². The molecule has 0 unspecified atom stereocenters. The fourth-order valence-electron chi connectivity index (χ4n) is 2.40. The number of carbonyl (C=O) groups is 2. The van der Waals surface area contributed by atoms with Crippen LogP contribution in [0.5, 0.6) is 0 Å². The van der Waals surface area contributed by atoms with Crippen LogP contribution in [0, 0.1) is 6.92 Å². The van der Waals surface area contributed by atoms with Crippen molar-refractivity contribution in [2.24, 2.45) is 0 Å². The van der Waals surface area contributed by atoms with Crippen LogP contribution >= 0.6 is 0 Å². The van der Waals surface area contributed by atoms with Crippen molar-refractivity contribution < 1.29 is 14.0 Å². The van der Waals surface area contributed by atoms with E-state index in [0.717, 1.165) is 5.56 Å². The Labute approximate surface area is 131 Å². The Balaban J connectivity index is 2.20. The zero-order chi connectivity index (χ0) is 16.4. The van der Waals surface area contributed by atoms with Crippen molar-refractivity contribution in [3.05, 3.63) is 64.3 Å². The number of aldehydes is 1. The Morgan fingerprint density at radius 1 is 1.13 bits per heavy atom. The third-order valence-corrected chi connectivity index (χ3v) is 3.53. The van der Waals surface area contributed by atoms with Gasteiger partial charge in [0.15, 0.2) is 5.43 Å². The third-order valence-electron chi connectivity index (χ3n) is 3.53. The highest BCUT2D eigenvalue weighted by molar-refractivity contribution is 6.29. The molecule has 2 aromatic carbocycles. The normalized spacial score (nSPS) is 10.5. The highest BCUT2D eigenvalue weighted by Crippen LogP contribution is 2.26. The first-order valence-corrected chi connectivity index (χ1v) is 6.99. The first kappa shape index (κ1) is 14.7. The second-order valence-electron chi connectivity index (χ2n) is 5.07. The predicted molar refractivity (Wildman–Crippen MR) is 87.4 cm³/mol. The molecule has 1 amide bonds. The molecular weight excluding hydrogens is 294 g/mol. The van der Waals surface area contributed by atoms with E-state index >= 15 is 0 Å². The van der Waals surface area contributed by atoms with Crippen LogP contribution in [0.2, 0.25) is 0 Å². The highest BCUT2D eigenvalue weighted by Gasteiger charge is 2.13. The molecule has 1 heterocycles. The van der Waals surface area contributed by atoms with E-state index in [2.05, 4.69) is 5.32 Å². The van der Waals surface area contributed by atoms with E-state index in [9.17, 15) is 14.4 Å². The molecule has 3 aromatic rings. The lowest BCUT2D eigenvalue weighted by molar-refractivity contribution is -0.127. The van der Waals surface area contributed by atoms with E-state index in [-0.39, 0.29) is 11.7 Å². The molecule has 0 aliphatic rings. The van der Waals surface area contributed by atoms with Crippen molar-refractivity contribution in [1.82, 2.24) is 0 Å². The standard InChI is InChI=1S/C18H13NO4/c1-11-17(22)14-8-7-13(19-16(21)10-20)9-15(14)23-18(11)12-5-3-2-4-6-12/h2-10H,1H3,(H,19,21). The number of hydrogen-bond acceptors (Lipinski definition) is 4. The second kappa shape index (κ2) is 5.88. The minimum absolute atomic E-state index is 0.127. The molecule has 0 spiro atoms. The second-order valence-corrected chi connectivity index (χ2v) is 5.07. The zero-order valence-electron chi connectivity index (χ0n) is 12.3. The fraction of sp³-hybridized carbons (Fsp3) is 0.0556. The lowest BCUT2D eigenvalue weighted by atomic mass is 10.1. The smallest absolute Gasteiger partial charge is 0.288 e. The SMILES string of the molecule is Cc1c(-c2ccccc2)oc2cc(NC(=O)C=O)ccc2c1=O. The van der Waals surface area contributed by atoms with Gasteiger partial charge in [0, 0.05) is 22.9 Å². The molecule has 0 aliphatic carbocycles. The summed E-state index contributed by atoms with van der Waals surface area (Å²) in [6.45, 7) is 1.72. The van der Waals surface area contributed by atoms with Crippen LogP contribution in [0.25, 0.3) is 22.3 Å². The van der Waals surface area contributed by atoms with Crippen molar-refractivity contribution in [2.75, 3.05) is 5.32 Å². The molecule has 5 heteroatoms. The number of amides is 1. The molecule has 1 aromatic heterocycles. The first-order valence-electron chi connectivity index (χ1n) is 6.99. The van der Waals surface area contributed by atoms with Crippen LogP contribution in [0.4, 0.5) is 5.69 Å². The number of benzene rings is 2. The Hall–Kier alpha value is -3.21. The summed E-state index contributed by atoms with van der Waals surface area (Å²) in [5, 5.41) is 2.83. The zero-order valence-corrected chi connectivity index (χ0v) is 12.3. The van der Waals surface area contributed by atoms with Crippen molar-refractivity contribution in [3.63, 3.8) is 0 Å². The number of nitrogens with one attached hydrogen (secondary N) is 1. The van der Waals surface area contributed by atoms with Gasteiger partial charge in [-0.25, -0.2) is 0 Å². The van der Waals surface area contributed by atoms with Crippen LogP contribution < -0.4 is 10.7 Å². The maximum atomic E-state index is 12.5. The van der Waals surface area contributed by atoms with E-state index in [4.69, 9.17) is 4.42 Å². The number of carbonyl (C=O) groups excluding carboxylic acids is 2. The Morgan fingerprint density at radius 2 is 1.87 bits per heavy atom. The number of fused-ring (bicyclic) bond motifs is 1. The summed E-state index contributed by atoms with van der Waals surface area (Å²) >= 11 is 0. The minimum Gasteiger partial charge on any atom is -0.455 e. The lowest BCUT2D eigenvalue weighted by Gasteiger charge is -2.08. The van der Waals surface area contributed by atoms with Crippen LogP contribution in [0.15, 0.2) is 57.7 Å². The molecule has 0 aliphatic heterocycles. The van der Waals surface area contributed by atoms with Gasteiger partial charge in [0.1, 0.15) is 11.3 Å². The van der Waals surface area contributed by atoms with Gasteiger partial charge in [-0.15, -0.1) is 0 Å². The lowest BCUT2D eigenvalue weighted by Crippen LogP contribution is -2.12. The third kappa shape index (κ3) is 2.76. The first-order chi connectivity index (χ1) is 11.1. The molecule has 114 valence electrons. The van der Waals surface area contributed by atoms with E-state index in [1.165, 1.54) is 6.07 Å². The molecular formula is C18H13NO4. The van der Waals surface area contributed by atoms with Crippen molar-refractivity contribution >= 4 is 28.8 Å². The van der Waals surface area contributed by atoms with Gasteiger partial charge in [-0.1, -0.05) is 30.3 Å². The Morgan fingerprint density at radius 3 is 2.57 bits per heavy atom. The van der Waals surface area contributed by atoms with Gasteiger partial charge in [0.05, 0.1) is 5.39 Å². The van der Waals surface area contributed by atoms with Crippen LogP contribution in [-0.4, -0.2) is 12.2 Å². The number of hydrogen-bond donors (Lipinski definition) is 1. The number of rotatable bonds is 3. The van der Waals surface area contributed by atoms with Crippen LogP contribution in [-0.2, 0) is 9.59 Å². The summed E-state index contributed by atoms with van der Waals surface area (Å²) < 4.78 is 5.88. The summed E-state index contributed by atoms with van der Waals surface area (Å²) in [5.74, 6) is -0.274. The average Bonchev–Trinajstić information content (AvgIpc) is 2.58. The summed E-state index contributed by atoms with van der Waals surface area (Å²) in [6.07, 6.45) is 0.185. The molecule has 0 atom stereocenters. The highest BCUT2D eigenvalue weighted by atomic mass is 16.3. The van der Waals surface area contributed by atoms with E-state index < -0.39 is 5.91 Å². The molecule has 1 N–H and O–H groups in total. The van der Waals surface area contributed by atoms with Gasteiger partial charge in [-0.05, 0) is 19.1 Å². The van der Waals surface area contributed by atoms with Crippen molar-refractivity contribution in [2.45, 2.75) is 6.92 Å². The molecule has 23 heavy (non-hydrogen) atoms. The molecule has 3 rings (SSSR count). The fourth-order valence-corrected chi connectivity index (χ4v) is 2.40. The topological polar surface area (TPSA) is 76.4 Å². The van der Waals surface area contributed by atoms with E-state index in [1.54, 1.807) is 19.1 Å². The van der Waals surface area contributed by atoms with Gasteiger partial charge < -0.3 is 9.73 Å².